The summed E-state index contributed by atoms with van der Waals surface area (Å²) in [6.45, 7) is 0.625. The number of aliphatic carboxylic acids is 2. The summed E-state index contributed by atoms with van der Waals surface area (Å²) < 4.78 is 77.9. The Balaban J connectivity index is 0.000000289. The number of amides is 1. The first-order valence-electron chi connectivity index (χ1n) is 11.5. The molecule has 1 aliphatic heterocycles. The number of anilines is 1. The van der Waals surface area contributed by atoms with E-state index in [2.05, 4.69) is 10.3 Å². The monoisotopic (exact) mass is 600 g/mol. The lowest BCUT2D eigenvalue weighted by Crippen LogP contribution is -2.31. The molecule has 0 bridgehead atoms. The van der Waals surface area contributed by atoms with E-state index in [9.17, 15) is 35.5 Å². The van der Waals surface area contributed by atoms with Crippen LogP contribution in [0.4, 0.5) is 36.4 Å². The van der Waals surface area contributed by atoms with Crippen molar-refractivity contribution in [3.63, 3.8) is 0 Å². The van der Waals surface area contributed by atoms with Crippen LogP contribution in [0.25, 0.3) is 33.4 Å². The summed E-state index contributed by atoms with van der Waals surface area (Å²) in [7, 11) is 0. The van der Waals surface area contributed by atoms with E-state index in [-0.39, 0.29) is 5.91 Å². The molecule has 0 aliphatic carbocycles. The van der Waals surface area contributed by atoms with Crippen molar-refractivity contribution in [1.29, 1.82) is 0 Å². The highest BCUT2D eigenvalue weighted by molar-refractivity contribution is 6.00. The Morgan fingerprint density at radius 3 is 2.02 bits per heavy atom. The number of hydrogen-bond acceptors (Lipinski definition) is 5. The SMILES string of the molecule is Nc1ccc(-c2ccc3cccc(-c4cc5c([nH]4)CCNC5=O)c3n2)c(F)c1.O=C(O)C(F)(F)F.O=C(O)C(F)(F)F. The molecule has 222 valence electrons. The predicted molar refractivity (Wildman–Crippen MR) is 135 cm³/mol. The third-order valence-corrected chi connectivity index (χ3v) is 5.57. The zero-order valence-corrected chi connectivity index (χ0v) is 20.9. The average Bonchev–Trinajstić information content (AvgIpc) is 3.33. The number of nitrogens with zero attached hydrogens (tertiary/aromatic N) is 1. The van der Waals surface area contributed by atoms with Gasteiger partial charge in [-0.15, -0.1) is 0 Å². The van der Waals surface area contributed by atoms with Crippen molar-refractivity contribution < 1.29 is 55.3 Å². The standard InChI is InChI=1S/C22H17FN4O.2C2HF3O2/c23-17-10-13(24)5-6-14(17)18-7-4-12-2-1-3-15(21(12)27-18)20-11-16-19(26-20)8-9-25-22(16)28;2*3-2(4,5)1(6)7/h1-7,10-11,26H,8-9,24H2,(H,25,28);2*(H,6,7). The molecule has 0 saturated carbocycles. The number of pyridine rings is 1. The smallest absolute Gasteiger partial charge is 0.475 e. The molecule has 0 radical (unpaired) electrons. The number of carboxylic acids is 2. The minimum Gasteiger partial charge on any atom is -0.475 e. The Kier molecular flexibility index (Phi) is 9.08. The van der Waals surface area contributed by atoms with Crippen molar-refractivity contribution in [1.82, 2.24) is 15.3 Å². The summed E-state index contributed by atoms with van der Waals surface area (Å²) >= 11 is 0. The molecule has 9 nitrogen and oxygen atoms in total. The third kappa shape index (κ3) is 7.52. The number of para-hydroxylation sites is 1. The van der Waals surface area contributed by atoms with Gasteiger partial charge in [0.25, 0.3) is 5.91 Å². The van der Waals surface area contributed by atoms with Gasteiger partial charge in [-0.1, -0.05) is 24.3 Å². The van der Waals surface area contributed by atoms with E-state index in [0.29, 0.717) is 29.1 Å². The van der Waals surface area contributed by atoms with Crippen molar-refractivity contribution in [2.24, 2.45) is 0 Å². The molecule has 42 heavy (non-hydrogen) atoms. The summed E-state index contributed by atoms with van der Waals surface area (Å²) in [6.07, 6.45) is -9.40. The highest BCUT2D eigenvalue weighted by Gasteiger charge is 2.38. The lowest BCUT2D eigenvalue weighted by atomic mass is 10.0. The number of carbonyl (C=O) groups excluding carboxylic acids is 1. The fraction of sp³-hybridized carbons (Fsp3) is 0.154. The van der Waals surface area contributed by atoms with E-state index < -0.39 is 30.1 Å². The Hall–Kier alpha value is -5.15. The van der Waals surface area contributed by atoms with Crippen LogP contribution in [0, 0.1) is 5.82 Å². The van der Waals surface area contributed by atoms with Gasteiger partial charge in [0.2, 0.25) is 0 Å². The summed E-state index contributed by atoms with van der Waals surface area (Å²) in [5.41, 5.74) is 11.0. The second-order valence-corrected chi connectivity index (χ2v) is 8.50. The number of rotatable bonds is 2. The molecule has 2 aromatic carbocycles. The van der Waals surface area contributed by atoms with Gasteiger partial charge in [-0.3, -0.25) is 4.79 Å². The highest BCUT2D eigenvalue weighted by Crippen LogP contribution is 2.32. The van der Waals surface area contributed by atoms with Gasteiger partial charge in [0.15, 0.2) is 0 Å². The van der Waals surface area contributed by atoms with E-state index >= 15 is 0 Å². The van der Waals surface area contributed by atoms with Crippen molar-refractivity contribution in [2.45, 2.75) is 18.8 Å². The molecule has 0 unspecified atom stereocenters. The van der Waals surface area contributed by atoms with Gasteiger partial charge >= 0.3 is 24.3 Å². The Morgan fingerprint density at radius 1 is 0.857 bits per heavy atom. The first-order chi connectivity index (χ1) is 19.5. The number of aromatic nitrogens is 2. The molecule has 0 fully saturated rings. The molecule has 6 N–H and O–H groups in total. The molecular weight excluding hydrogens is 581 g/mol. The highest BCUT2D eigenvalue weighted by atomic mass is 19.4. The molecule has 0 saturated heterocycles. The molecule has 0 spiro atoms. The average molecular weight is 600 g/mol. The van der Waals surface area contributed by atoms with Crippen LogP contribution >= 0.6 is 0 Å². The van der Waals surface area contributed by atoms with Crippen LogP contribution in [0.1, 0.15) is 16.1 Å². The predicted octanol–water partition coefficient (Wildman–Crippen LogP) is 5.17. The summed E-state index contributed by atoms with van der Waals surface area (Å²) in [4.78, 5) is 38.0. The fourth-order valence-corrected chi connectivity index (χ4v) is 3.69. The van der Waals surface area contributed by atoms with Crippen molar-refractivity contribution >= 4 is 34.4 Å². The van der Waals surface area contributed by atoms with E-state index in [1.807, 2.05) is 30.3 Å². The maximum absolute atomic E-state index is 14.4. The number of nitrogen functional groups attached to an aromatic ring is 1. The van der Waals surface area contributed by atoms with Gasteiger partial charge in [0.1, 0.15) is 5.82 Å². The molecule has 16 heteroatoms. The number of alkyl halides is 6. The van der Waals surface area contributed by atoms with Crippen LogP contribution in [0.15, 0.2) is 54.6 Å². The van der Waals surface area contributed by atoms with Crippen LogP contribution in [0.5, 0.6) is 0 Å². The van der Waals surface area contributed by atoms with Gasteiger partial charge in [-0.05, 0) is 30.3 Å². The van der Waals surface area contributed by atoms with Gasteiger partial charge in [0.05, 0.1) is 16.8 Å². The van der Waals surface area contributed by atoms with Crippen LogP contribution in [0.3, 0.4) is 0 Å². The third-order valence-electron chi connectivity index (χ3n) is 5.57. The molecule has 5 rings (SSSR count). The zero-order chi connectivity index (χ0) is 31.4. The van der Waals surface area contributed by atoms with Gasteiger partial charge in [0, 0.05) is 46.6 Å². The number of nitrogens with two attached hydrogens (primary N) is 1. The van der Waals surface area contributed by atoms with Gasteiger partial charge in [-0.25, -0.2) is 19.0 Å². The summed E-state index contributed by atoms with van der Waals surface area (Å²) in [5.74, 6) is -5.99. The first kappa shape index (κ1) is 31.4. The fourth-order valence-electron chi connectivity index (χ4n) is 3.69. The van der Waals surface area contributed by atoms with E-state index in [1.165, 1.54) is 6.07 Å². The molecule has 1 amide bonds. The second-order valence-electron chi connectivity index (χ2n) is 8.50. The van der Waals surface area contributed by atoms with E-state index in [0.717, 1.165) is 34.3 Å². The number of carboxylic acid groups (broad SMARTS) is 2. The number of nitrogens with one attached hydrogen (secondary N) is 2. The largest absolute Gasteiger partial charge is 0.490 e. The lowest BCUT2D eigenvalue weighted by molar-refractivity contribution is -0.193. The first-order valence-corrected chi connectivity index (χ1v) is 11.5. The van der Waals surface area contributed by atoms with Crippen molar-refractivity contribution in [2.75, 3.05) is 12.3 Å². The normalized spacial score (nSPS) is 12.7. The van der Waals surface area contributed by atoms with Gasteiger partial charge < -0.3 is 26.2 Å². The number of fused-ring (bicyclic) bond motifs is 2. The van der Waals surface area contributed by atoms with Crippen molar-refractivity contribution in [3.05, 3.63) is 71.7 Å². The molecule has 3 heterocycles. The Labute approximate surface area is 230 Å². The van der Waals surface area contributed by atoms with Crippen LogP contribution < -0.4 is 11.1 Å². The molecule has 0 atom stereocenters. The minimum absolute atomic E-state index is 0.0680. The second kappa shape index (κ2) is 12.2. The quantitative estimate of drug-likeness (QED) is 0.157. The van der Waals surface area contributed by atoms with E-state index in [4.69, 9.17) is 30.5 Å². The summed E-state index contributed by atoms with van der Waals surface area (Å²) in [5, 5.41) is 18.0. The molecular formula is C26H19F7N4O5. The number of carbonyl (C=O) groups is 3. The molecule has 4 aromatic rings. The summed E-state index contributed by atoms with van der Waals surface area (Å²) in [6, 6.07) is 16.0. The van der Waals surface area contributed by atoms with Gasteiger partial charge in [-0.2, -0.15) is 26.3 Å². The number of benzene rings is 2. The Bertz CT molecular complexity index is 1620. The minimum atomic E-state index is -5.08. The topological polar surface area (TPSA) is 158 Å². The number of halogens is 7. The maximum atomic E-state index is 14.4. The molecule has 1 aliphatic rings. The molecule has 2 aromatic heterocycles. The number of H-pyrrole nitrogens is 1. The van der Waals surface area contributed by atoms with Crippen LogP contribution in [-0.2, 0) is 16.0 Å². The number of aromatic amines is 1. The Morgan fingerprint density at radius 2 is 1.48 bits per heavy atom. The van der Waals surface area contributed by atoms with Crippen LogP contribution in [0.2, 0.25) is 0 Å². The van der Waals surface area contributed by atoms with Crippen LogP contribution in [-0.4, -0.2) is 56.9 Å². The zero-order valence-electron chi connectivity index (χ0n) is 20.9. The van der Waals surface area contributed by atoms with Crippen molar-refractivity contribution in [3.8, 4) is 22.5 Å². The number of hydrogen-bond donors (Lipinski definition) is 5. The maximum Gasteiger partial charge on any atom is 0.490 e. The lowest BCUT2D eigenvalue weighted by Gasteiger charge is -2.11. The van der Waals surface area contributed by atoms with E-state index in [1.54, 1.807) is 18.2 Å².